The highest BCUT2D eigenvalue weighted by Gasteiger charge is 2.17. The third-order valence-corrected chi connectivity index (χ3v) is 4.03. The fourth-order valence-corrected chi connectivity index (χ4v) is 2.67. The number of hydrogen-bond acceptors (Lipinski definition) is 4. The number of aliphatic hydroxyl groups is 1. The van der Waals surface area contributed by atoms with Gasteiger partial charge in [0.05, 0.1) is 10.6 Å². The van der Waals surface area contributed by atoms with Gasteiger partial charge in [0.2, 0.25) is 0 Å². The number of benzene rings is 1. The number of hydrogen-bond donors (Lipinski definition) is 2. The Labute approximate surface area is 109 Å². The number of rotatable bonds is 6. The summed E-state index contributed by atoms with van der Waals surface area (Å²) in [6.45, 7) is 4.16. The van der Waals surface area contributed by atoms with Crippen molar-refractivity contribution in [3.05, 3.63) is 24.3 Å². The lowest BCUT2D eigenvalue weighted by Crippen LogP contribution is -2.27. The number of sulfone groups is 1. The molecule has 1 rings (SSSR count). The molecule has 1 atom stereocenters. The molecule has 18 heavy (non-hydrogen) atoms. The van der Waals surface area contributed by atoms with Crippen molar-refractivity contribution in [2.45, 2.75) is 31.2 Å². The Morgan fingerprint density at radius 1 is 1.28 bits per heavy atom. The molecule has 102 valence electrons. The molecule has 0 saturated carbocycles. The van der Waals surface area contributed by atoms with Crippen LogP contribution in [-0.4, -0.2) is 32.4 Å². The van der Waals surface area contributed by atoms with Crippen molar-refractivity contribution >= 4 is 15.5 Å². The first-order chi connectivity index (χ1) is 8.36. The fraction of sp³-hybridized carbons (Fsp3) is 0.538. The van der Waals surface area contributed by atoms with E-state index in [0.717, 1.165) is 0 Å². The lowest BCUT2D eigenvalue weighted by atomic mass is 10.0. The van der Waals surface area contributed by atoms with Gasteiger partial charge in [-0.3, -0.25) is 0 Å². The maximum absolute atomic E-state index is 11.7. The van der Waals surface area contributed by atoms with E-state index in [0.29, 0.717) is 22.9 Å². The molecule has 1 aromatic rings. The van der Waals surface area contributed by atoms with Gasteiger partial charge < -0.3 is 10.4 Å². The molecule has 0 bridgehead atoms. The molecule has 0 fully saturated rings. The van der Waals surface area contributed by atoms with Gasteiger partial charge in [0.1, 0.15) is 0 Å². The Balaban J connectivity index is 3.03. The second kappa shape index (κ2) is 6.20. The van der Waals surface area contributed by atoms with Gasteiger partial charge >= 0.3 is 0 Å². The van der Waals surface area contributed by atoms with E-state index in [4.69, 9.17) is 5.11 Å². The second-order valence-electron chi connectivity index (χ2n) is 4.78. The highest BCUT2D eigenvalue weighted by atomic mass is 32.2. The largest absolute Gasteiger partial charge is 0.396 e. The van der Waals surface area contributed by atoms with Gasteiger partial charge in [-0.15, -0.1) is 0 Å². The standard InChI is InChI=1S/C13H21NO3S/c1-10(2)11(8-9-15)14-12-6-4-5-7-13(12)18(3,16)17/h4-7,10-11,14-15H,8-9H2,1-3H3. The first kappa shape index (κ1) is 15.0. The Kier molecular flexibility index (Phi) is 5.16. The molecule has 2 N–H and O–H groups in total. The summed E-state index contributed by atoms with van der Waals surface area (Å²) in [5, 5.41) is 12.2. The van der Waals surface area contributed by atoms with Crippen LogP contribution in [0.5, 0.6) is 0 Å². The molecule has 1 aromatic carbocycles. The van der Waals surface area contributed by atoms with Crippen molar-refractivity contribution in [3.63, 3.8) is 0 Å². The summed E-state index contributed by atoms with van der Waals surface area (Å²) in [4.78, 5) is 0.300. The van der Waals surface area contributed by atoms with E-state index < -0.39 is 9.84 Å². The lowest BCUT2D eigenvalue weighted by Gasteiger charge is -2.24. The minimum atomic E-state index is -3.24. The van der Waals surface area contributed by atoms with Crippen LogP contribution in [0.25, 0.3) is 0 Å². The smallest absolute Gasteiger partial charge is 0.177 e. The molecule has 0 aliphatic heterocycles. The van der Waals surface area contributed by atoms with Crippen LogP contribution in [0.1, 0.15) is 20.3 Å². The number of nitrogens with one attached hydrogen (secondary N) is 1. The van der Waals surface area contributed by atoms with Crippen molar-refractivity contribution < 1.29 is 13.5 Å². The van der Waals surface area contributed by atoms with Crippen molar-refractivity contribution in [1.29, 1.82) is 0 Å². The van der Waals surface area contributed by atoms with Crippen LogP contribution in [0.2, 0.25) is 0 Å². The monoisotopic (exact) mass is 271 g/mol. The van der Waals surface area contributed by atoms with Crippen molar-refractivity contribution in [1.82, 2.24) is 0 Å². The van der Waals surface area contributed by atoms with E-state index in [-0.39, 0.29) is 12.6 Å². The Morgan fingerprint density at radius 2 is 1.89 bits per heavy atom. The van der Waals surface area contributed by atoms with Crippen LogP contribution in [-0.2, 0) is 9.84 Å². The molecule has 0 aliphatic rings. The molecule has 5 heteroatoms. The molecule has 0 radical (unpaired) electrons. The Morgan fingerprint density at radius 3 is 2.39 bits per heavy atom. The minimum absolute atomic E-state index is 0.0536. The minimum Gasteiger partial charge on any atom is -0.396 e. The third kappa shape index (κ3) is 3.99. The van der Waals surface area contributed by atoms with E-state index in [2.05, 4.69) is 5.32 Å². The quantitative estimate of drug-likeness (QED) is 0.829. The SMILES string of the molecule is CC(C)C(CCO)Nc1ccccc1S(C)(=O)=O. The summed E-state index contributed by atoms with van der Waals surface area (Å²) in [6, 6.07) is 6.90. The molecular weight excluding hydrogens is 250 g/mol. The van der Waals surface area contributed by atoms with Gasteiger partial charge in [-0.1, -0.05) is 26.0 Å². The van der Waals surface area contributed by atoms with Gasteiger partial charge in [0, 0.05) is 18.9 Å². The van der Waals surface area contributed by atoms with Crippen LogP contribution in [0.4, 0.5) is 5.69 Å². The third-order valence-electron chi connectivity index (χ3n) is 2.87. The topological polar surface area (TPSA) is 66.4 Å². The van der Waals surface area contributed by atoms with E-state index in [1.165, 1.54) is 6.26 Å². The molecular formula is C13H21NO3S. The van der Waals surface area contributed by atoms with Gasteiger partial charge in [0.15, 0.2) is 9.84 Å². The summed E-state index contributed by atoms with van der Waals surface area (Å²) in [5.74, 6) is 0.310. The Bertz CT molecular complexity index is 483. The molecule has 0 spiro atoms. The van der Waals surface area contributed by atoms with E-state index >= 15 is 0 Å². The van der Waals surface area contributed by atoms with Crippen molar-refractivity contribution in [3.8, 4) is 0 Å². The summed E-state index contributed by atoms with van der Waals surface area (Å²) in [5.41, 5.74) is 0.604. The normalized spacial score (nSPS) is 13.6. The summed E-state index contributed by atoms with van der Waals surface area (Å²) >= 11 is 0. The molecule has 0 amide bonds. The summed E-state index contributed by atoms with van der Waals surface area (Å²) in [6.07, 6.45) is 1.79. The van der Waals surface area contributed by atoms with E-state index in [1.807, 2.05) is 13.8 Å². The predicted octanol–water partition coefficient (Wildman–Crippen LogP) is 1.91. The van der Waals surface area contributed by atoms with Crippen molar-refractivity contribution in [2.24, 2.45) is 5.92 Å². The first-order valence-electron chi connectivity index (χ1n) is 6.02. The first-order valence-corrected chi connectivity index (χ1v) is 7.92. The van der Waals surface area contributed by atoms with Gasteiger partial charge in [0.25, 0.3) is 0 Å². The number of aliphatic hydroxyl groups excluding tert-OH is 1. The van der Waals surface area contributed by atoms with Crippen LogP contribution < -0.4 is 5.32 Å². The second-order valence-corrected chi connectivity index (χ2v) is 6.76. The molecule has 0 heterocycles. The predicted molar refractivity (Wildman–Crippen MR) is 73.5 cm³/mol. The van der Waals surface area contributed by atoms with Gasteiger partial charge in [-0.05, 0) is 24.5 Å². The average molecular weight is 271 g/mol. The zero-order valence-electron chi connectivity index (χ0n) is 11.1. The molecule has 0 aromatic heterocycles. The van der Waals surface area contributed by atoms with Gasteiger partial charge in [-0.25, -0.2) is 8.42 Å². The summed E-state index contributed by atoms with van der Waals surface area (Å²) in [7, 11) is -3.24. The number of para-hydroxylation sites is 1. The highest BCUT2D eigenvalue weighted by Crippen LogP contribution is 2.23. The fourth-order valence-electron chi connectivity index (χ4n) is 1.82. The molecule has 4 nitrogen and oxygen atoms in total. The van der Waals surface area contributed by atoms with E-state index in [1.54, 1.807) is 24.3 Å². The van der Waals surface area contributed by atoms with Crippen molar-refractivity contribution in [2.75, 3.05) is 18.2 Å². The maximum Gasteiger partial charge on any atom is 0.177 e. The van der Waals surface area contributed by atoms with Gasteiger partial charge in [-0.2, -0.15) is 0 Å². The van der Waals surface area contributed by atoms with Crippen LogP contribution >= 0.6 is 0 Å². The molecule has 1 unspecified atom stereocenters. The van der Waals surface area contributed by atoms with E-state index in [9.17, 15) is 8.42 Å². The summed E-state index contributed by atoms with van der Waals surface area (Å²) < 4.78 is 23.3. The Hall–Kier alpha value is -1.07. The molecule has 0 aliphatic carbocycles. The highest BCUT2D eigenvalue weighted by molar-refractivity contribution is 7.90. The molecule has 0 saturated heterocycles. The lowest BCUT2D eigenvalue weighted by molar-refractivity contribution is 0.267. The zero-order valence-corrected chi connectivity index (χ0v) is 11.9. The van der Waals surface area contributed by atoms with Crippen LogP contribution in [0, 0.1) is 5.92 Å². The maximum atomic E-state index is 11.7. The zero-order chi connectivity index (χ0) is 13.8. The van der Waals surface area contributed by atoms with Crippen LogP contribution in [0.3, 0.4) is 0 Å². The van der Waals surface area contributed by atoms with Crippen LogP contribution in [0.15, 0.2) is 29.2 Å². The number of anilines is 1. The average Bonchev–Trinajstić information content (AvgIpc) is 2.27.